The first-order chi connectivity index (χ1) is 19.6. The van der Waals surface area contributed by atoms with Crippen molar-refractivity contribution in [2.45, 2.75) is 82.5 Å². The number of carbonyl (C=O) groups is 4. The van der Waals surface area contributed by atoms with Gasteiger partial charge in [-0.05, 0) is 70.1 Å². The van der Waals surface area contributed by atoms with Crippen molar-refractivity contribution < 1.29 is 33.4 Å². The van der Waals surface area contributed by atoms with Gasteiger partial charge in [-0.2, -0.15) is 0 Å². The highest BCUT2D eigenvalue weighted by Crippen LogP contribution is 2.50. The van der Waals surface area contributed by atoms with Crippen LogP contribution in [0.15, 0.2) is 35.9 Å². The quantitative estimate of drug-likeness (QED) is 0.245. The van der Waals surface area contributed by atoms with Crippen LogP contribution >= 0.6 is 0 Å². The molecule has 1 spiro atoms. The lowest BCUT2D eigenvalue weighted by atomic mass is 9.60. The summed E-state index contributed by atoms with van der Waals surface area (Å²) in [6.45, 7) is 5.07. The SMILES string of the molecule is COc1ccc(C[C@H](NC(=O)[C@@H](C)NC(=O)C2CC3(COC3)C2)C(=O)NC(CC2=CCCC2)C(=O)[C@@]2(C)CO2)cc1. The van der Waals surface area contributed by atoms with E-state index in [1.165, 1.54) is 0 Å². The maximum absolute atomic E-state index is 13.7. The van der Waals surface area contributed by atoms with E-state index in [0.29, 0.717) is 32.0 Å². The van der Waals surface area contributed by atoms with Crippen LogP contribution in [0, 0.1) is 11.3 Å². The molecule has 41 heavy (non-hydrogen) atoms. The van der Waals surface area contributed by atoms with Crippen LogP contribution in [0.2, 0.25) is 0 Å². The van der Waals surface area contributed by atoms with Gasteiger partial charge in [-0.1, -0.05) is 23.8 Å². The van der Waals surface area contributed by atoms with E-state index in [4.69, 9.17) is 14.2 Å². The number of Topliss-reactive ketones (excluding diaryl/α,β-unsaturated/α-hetero) is 1. The number of epoxide rings is 1. The smallest absolute Gasteiger partial charge is 0.243 e. The van der Waals surface area contributed by atoms with E-state index >= 15 is 0 Å². The molecule has 3 amide bonds. The number of rotatable bonds is 13. The van der Waals surface area contributed by atoms with Crippen LogP contribution in [0.25, 0.3) is 0 Å². The first-order valence-electron chi connectivity index (χ1n) is 14.6. The van der Waals surface area contributed by atoms with Crippen LogP contribution < -0.4 is 20.7 Å². The Morgan fingerprint density at radius 2 is 1.66 bits per heavy atom. The first kappa shape index (κ1) is 29.3. The highest BCUT2D eigenvalue weighted by Gasteiger charge is 2.52. The van der Waals surface area contributed by atoms with E-state index in [2.05, 4.69) is 22.0 Å². The second-order valence-corrected chi connectivity index (χ2v) is 12.3. The fourth-order valence-electron chi connectivity index (χ4n) is 5.98. The second-order valence-electron chi connectivity index (χ2n) is 12.3. The number of carbonyl (C=O) groups excluding carboxylic acids is 4. The minimum atomic E-state index is -0.963. The number of amides is 3. The summed E-state index contributed by atoms with van der Waals surface area (Å²) >= 11 is 0. The molecule has 2 saturated heterocycles. The van der Waals surface area contributed by atoms with Crippen molar-refractivity contribution in [1.82, 2.24) is 16.0 Å². The number of ether oxygens (including phenoxy) is 3. The molecule has 4 atom stereocenters. The predicted octanol–water partition coefficient (Wildman–Crippen LogP) is 2.00. The number of hydrogen-bond donors (Lipinski definition) is 3. The topological polar surface area (TPSA) is 135 Å². The minimum Gasteiger partial charge on any atom is -0.497 e. The van der Waals surface area contributed by atoms with Gasteiger partial charge in [-0.3, -0.25) is 19.2 Å². The van der Waals surface area contributed by atoms with E-state index in [9.17, 15) is 19.2 Å². The molecule has 222 valence electrons. The highest BCUT2D eigenvalue weighted by molar-refractivity contribution is 5.98. The number of hydrogen-bond acceptors (Lipinski definition) is 7. The molecule has 1 aromatic carbocycles. The molecule has 3 fully saturated rings. The standard InChI is InChI=1S/C31H41N3O7/c1-19(32-28(37)22-14-31(15-22)17-40-18-31)27(36)34-25(13-21-8-10-23(39-3)11-9-21)29(38)33-24(12-20-6-4-5-7-20)26(35)30(2)16-41-30/h6,8-11,19,22,24-25H,4-5,7,12-18H2,1-3H3,(H,32,37)(H,33,38)(H,34,36)/t19-,24?,25+,30-/m1/s1. The summed E-state index contributed by atoms with van der Waals surface area (Å²) in [4.78, 5) is 53.0. The van der Waals surface area contributed by atoms with Gasteiger partial charge in [0.15, 0.2) is 5.78 Å². The molecule has 2 aliphatic carbocycles. The number of allylic oxidation sites excluding steroid dienone is 1. The Morgan fingerprint density at radius 3 is 2.22 bits per heavy atom. The molecule has 0 bridgehead atoms. The van der Waals surface area contributed by atoms with E-state index in [0.717, 1.165) is 43.2 Å². The molecule has 3 N–H and O–H groups in total. The van der Waals surface area contributed by atoms with Crippen molar-refractivity contribution in [3.8, 4) is 5.75 Å². The molecule has 1 aromatic rings. The Hall–Kier alpha value is -3.24. The van der Waals surface area contributed by atoms with Gasteiger partial charge < -0.3 is 30.2 Å². The zero-order valence-corrected chi connectivity index (χ0v) is 24.1. The van der Waals surface area contributed by atoms with Gasteiger partial charge in [0.05, 0.1) is 33.0 Å². The minimum absolute atomic E-state index is 0.129. The van der Waals surface area contributed by atoms with Crippen molar-refractivity contribution in [2.75, 3.05) is 26.9 Å². The summed E-state index contributed by atoms with van der Waals surface area (Å²) < 4.78 is 15.9. The van der Waals surface area contributed by atoms with E-state index < -0.39 is 35.5 Å². The molecule has 10 heteroatoms. The van der Waals surface area contributed by atoms with E-state index in [-0.39, 0.29) is 29.4 Å². The monoisotopic (exact) mass is 567 g/mol. The second kappa shape index (κ2) is 11.9. The van der Waals surface area contributed by atoms with Crippen molar-refractivity contribution in [2.24, 2.45) is 11.3 Å². The Morgan fingerprint density at radius 1 is 0.976 bits per heavy atom. The van der Waals surface area contributed by atoms with Crippen LogP contribution in [0.4, 0.5) is 0 Å². The van der Waals surface area contributed by atoms with Gasteiger partial charge >= 0.3 is 0 Å². The van der Waals surface area contributed by atoms with Crippen LogP contribution in [-0.4, -0.2) is 74.2 Å². The maximum atomic E-state index is 13.7. The number of nitrogens with one attached hydrogen (secondary N) is 3. The highest BCUT2D eigenvalue weighted by atomic mass is 16.6. The summed E-state index contributed by atoms with van der Waals surface area (Å²) in [6, 6.07) is 4.69. The third-order valence-electron chi connectivity index (χ3n) is 8.86. The molecular formula is C31H41N3O7. The summed E-state index contributed by atoms with van der Waals surface area (Å²) in [5, 5.41) is 8.57. The molecule has 2 heterocycles. The zero-order chi connectivity index (χ0) is 29.2. The molecular weight excluding hydrogens is 526 g/mol. The fourth-order valence-corrected chi connectivity index (χ4v) is 5.98. The van der Waals surface area contributed by atoms with Crippen LogP contribution in [0.5, 0.6) is 5.75 Å². The fraction of sp³-hybridized carbons (Fsp3) is 0.613. The van der Waals surface area contributed by atoms with Gasteiger partial charge in [0.1, 0.15) is 23.4 Å². The summed E-state index contributed by atoms with van der Waals surface area (Å²) in [5.74, 6) is -0.699. The Balaban J connectivity index is 1.26. The lowest BCUT2D eigenvalue weighted by molar-refractivity contribution is -0.184. The Kier molecular flexibility index (Phi) is 8.52. The largest absolute Gasteiger partial charge is 0.497 e. The molecule has 4 aliphatic rings. The number of ketones is 1. The van der Waals surface area contributed by atoms with Gasteiger partial charge in [0.2, 0.25) is 17.7 Å². The van der Waals surface area contributed by atoms with Crippen LogP contribution in [0.3, 0.4) is 0 Å². The van der Waals surface area contributed by atoms with E-state index in [1.807, 2.05) is 12.1 Å². The van der Waals surface area contributed by atoms with Gasteiger partial charge in [0, 0.05) is 17.8 Å². The molecule has 1 saturated carbocycles. The van der Waals surface area contributed by atoms with Gasteiger partial charge in [-0.15, -0.1) is 0 Å². The summed E-state index contributed by atoms with van der Waals surface area (Å²) in [5.41, 5.74) is 1.20. The lowest BCUT2D eigenvalue weighted by Gasteiger charge is -2.52. The van der Waals surface area contributed by atoms with Gasteiger partial charge in [-0.25, -0.2) is 0 Å². The maximum Gasteiger partial charge on any atom is 0.243 e. The first-order valence-corrected chi connectivity index (χ1v) is 14.6. The van der Waals surface area contributed by atoms with Gasteiger partial charge in [0.25, 0.3) is 0 Å². The van der Waals surface area contributed by atoms with E-state index in [1.54, 1.807) is 33.1 Å². The predicted molar refractivity (Wildman–Crippen MR) is 150 cm³/mol. The van der Waals surface area contributed by atoms with Crippen LogP contribution in [-0.2, 0) is 35.1 Å². The Bertz CT molecular complexity index is 1190. The third kappa shape index (κ3) is 6.81. The summed E-state index contributed by atoms with van der Waals surface area (Å²) in [6.07, 6.45) is 7.19. The average molecular weight is 568 g/mol. The zero-order valence-electron chi connectivity index (χ0n) is 24.1. The average Bonchev–Trinajstić information content (AvgIpc) is 3.44. The lowest BCUT2D eigenvalue weighted by Crippen LogP contribution is -2.59. The normalized spacial score (nSPS) is 24.6. The van der Waals surface area contributed by atoms with Crippen molar-refractivity contribution in [1.29, 1.82) is 0 Å². The van der Waals surface area contributed by atoms with Crippen LogP contribution in [0.1, 0.15) is 57.9 Å². The molecule has 10 nitrogen and oxygen atoms in total. The van der Waals surface area contributed by atoms with Crippen molar-refractivity contribution in [3.05, 3.63) is 41.5 Å². The molecule has 1 unspecified atom stereocenters. The molecule has 2 aliphatic heterocycles. The molecule has 0 radical (unpaired) electrons. The Labute approximate surface area is 240 Å². The van der Waals surface area contributed by atoms with Crippen molar-refractivity contribution in [3.63, 3.8) is 0 Å². The molecule has 0 aromatic heterocycles. The summed E-state index contributed by atoms with van der Waals surface area (Å²) in [7, 11) is 1.57. The molecule has 5 rings (SSSR count). The van der Waals surface area contributed by atoms with Crippen molar-refractivity contribution >= 4 is 23.5 Å². The third-order valence-corrected chi connectivity index (χ3v) is 8.86. The number of methoxy groups -OCH3 is 1. The number of benzene rings is 1.